The van der Waals surface area contributed by atoms with Crippen LogP contribution >= 0.6 is 0 Å². The monoisotopic (exact) mass is 346 g/mol. The highest BCUT2D eigenvalue weighted by Gasteiger charge is 2.35. The van der Waals surface area contributed by atoms with Crippen LogP contribution in [0.4, 0.5) is 5.69 Å². The highest BCUT2D eigenvalue weighted by Crippen LogP contribution is 2.22. The molecule has 0 aliphatic carbocycles. The minimum Gasteiger partial charge on any atom is -0.467 e. The van der Waals surface area contributed by atoms with E-state index in [9.17, 15) is 14.4 Å². The summed E-state index contributed by atoms with van der Waals surface area (Å²) in [6.45, 7) is 4.32. The molecule has 0 spiro atoms. The molecule has 2 amide bonds. The molecule has 25 heavy (non-hydrogen) atoms. The van der Waals surface area contributed by atoms with E-state index in [2.05, 4.69) is 5.32 Å². The van der Waals surface area contributed by atoms with E-state index in [0.29, 0.717) is 24.9 Å². The minimum atomic E-state index is -1.05. The van der Waals surface area contributed by atoms with Gasteiger partial charge in [-0.25, -0.2) is 4.79 Å². The second-order valence-corrected chi connectivity index (χ2v) is 6.58. The summed E-state index contributed by atoms with van der Waals surface area (Å²) >= 11 is 0. The number of amides is 2. The molecule has 0 bridgehead atoms. The maximum Gasteiger partial charge on any atom is 0.331 e. The Morgan fingerprint density at radius 3 is 2.48 bits per heavy atom. The van der Waals surface area contributed by atoms with Gasteiger partial charge in [0.1, 0.15) is 5.54 Å². The molecule has 1 fully saturated rings. The predicted octanol–water partition coefficient (Wildman–Crippen LogP) is 2.67. The summed E-state index contributed by atoms with van der Waals surface area (Å²) in [5, 5.41) is 2.78. The van der Waals surface area contributed by atoms with Crippen LogP contribution in [0.15, 0.2) is 24.3 Å². The number of carbonyl (C=O) groups is 3. The molecule has 6 nitrogen and oxygen atoms in total. The van der Waals surface area contributed by atoms with Crippen molar-refractivity contribution in [3.8, 4) is 0 Å². The first-order valence-corrected chi connectivity index (χ1v) is 8.72. The number of ether oxygens (including phenoxy) is 1. The zero-order valence-electron chi connectivity index (χ0n) is 15.1. The van der Waals surface area contributed by atoms with E-state index in [0.717, 1.165) is 24.9 Å². The highest BCUT2D eigenvalue weighted by atomic mass is 16.5. The zero-order chi connectivity index (χ0) is 18.4. The summed E-state index contributed by atoms with van der Waals surface area (Å²) < 4.78 is 4.82. The van der Waals surface area contributed by atoms with E-state index in [1.807, 2.05) is 6.92 Å². The van der Waals surface area contributed by atoms with Crippen LogP contribution in [-0.2, 0) is 14.3 Å². The topological polar surface area (TPSA) is 75.7 Å². The first-order chi connectivity index (χ1) is 11.9. The molecular weight excluding hydrogens is 320 g/mol. The van der Waals surface area contributed by atoms with Gasteiger partial charge >= 0.3 is 5.97 Å². The van der Waals surface area contributed by atoms with Crippen molar-refractivity contribution in [3.63, 3.8) is 0 Å². The molecule has 1 N–H and O–H groups in total. The fraction of sp³-hybridized carbons (Fsp3) is 0.526. The van der Waals surface area contributed by atoms with Gasteiger partial charge in [-0.1, -0.05) is 13.3 Å². The average molecular weight is 346 g/mol. The lowest BCUT2D eigenvalue weighted by Crippen LogP contribution is -2.52. The van der Waals surface area contributed by atoms with Gasteiger partial charge in [0.15, 0.2) is 0 Å². The van der Waals surface area contributed by atoms with Crippen molar-refractivity contribution in [2.45, 2.75) is 51.5 Å². The number of benzene rings is 1. The maximum absolute atomic E-state index is 12.5. The first-order valence-electron chi connectivity index (χ1n) is 8.72. The normalized spacial score (nSPS) is 16.9. The van der Waals surface area contributed by atoms with Crippen LogP contribution in [0.25, 0.3) is 0 Å². The predicted molar refractivity (Wildman–Crippen MR) is 95.4 cm³/mol. The van der Waals surface area contributed by atoms with Gasteiger partial charge in [-0.15, -0.1) is 0 Å². The summed E-state index contributed by atoms with van der Waals surface area (Å²) in [5.74, 6) is -0.680. The molecule has 2 rings (SSSR count). The number of methoxy groups -OCH3 is 1. The summed E-state index contributed by atoms with van der Waals surface area (Å²) in [4.78, 5) is 38.2. The van der Waals surface area contributed by atoms with Crippen molar-refractivity contribution >= 4 is 23.5 Å². The largest absolute Gasteiger partial charge is 0.467 e. The summed E-state index contributed by atoms with van der Waals surface area (Å²) in [6, 6.07) is 6.90. The van der Waals surface area contributed by atoms with Crippen LogP contribution < -0.4 is 10.2 Å². The number of hydrogen-bond donors (Lipinski definition) is 1. The van der Waals surface area contributed by atoms with Crippen LogP contribution in [0.2, 0.25) is 0 Å². The fourth-order valence-corrected chi connectivity index (χ4v) is 3.14. The van der Waals surface area contributed by atoms with Crippen molar-refractivity contribution < 1.29 is 19.1 Å². The van der Waals surface area contributed by atoms with Gasteiger partial charge in [0.2, 0.25) is 5.91 Å². The summed E-state index contributed by atoms with van der Waals surface area (Å²) in [7, 11) is 1.31. The Morgan fingerprint density at radius 2 is 1.92 bits per heavy atom. The number of nitrogens with zero attached hydrogens (tertiary/aromatic N) is 1. The van der Waals surface area contributed by atoms with Crippen LogP contribution in [0.3, 0.4) is 0 Å². The molecule has 1 heterocycles. The van der Waals surface area contributed by atoms with Crippen molar-refractivity contribution in [2.75, 3.05) is 18.6 Å². The van der Waals surface area contributed by atoms with E-state index in [1.165, 1.54) is 7.11 Å². The van der Waals surface area contributed by atoms with Crippen molar-refractivity contribution in [3.05, 3.63) is 29.8 Å². The van der Waals surface area contributed by atoms with Crippen LogP contribution in [0.5, 0.6) is 0 Å². The quantitative estimate of drug-likeness (QED) is 0.804. The van der Waals surface area contributed by atoms with Gasteiger partial charge in [0, 0.05) is 24.2 Å². The molecule has 0 radical (unpaired) electrons. The van der Waals surface area contributed by atoms with E-state index in [-0.39, 0.29) is 11.8 Å². The van der Waals surface area contributed by atoms with E-state index < -0.39 is 11.5 Å². The fourth-order valence-electron chi connectivity index (χ4n) is 3.14. The summed E-state index contributed by atoms with van der Waals surface area (Å²) in [5.41, 5.74) is 0.187. The Bertz CT molecular complexity index is 641. The van der Waals surface area contributed by atoms with Crippen molar-refractivity contribution in [1.29, 1.82) is 0 Å². The maximum atomic E-state index is 12.5. The van der Waals surface area contributed by atoms with Gasteiger partial charge in [-0.3, -0.25) is 9.59 Å². The smallest absolute Gasteiger partial charge is 0.331 e. The van der Waals surface area contributed by atoms with Gasteiger partial charge in [0.05, 0.1) is 7.11 Å². The number of esters is 1. The first kappa shape index (κ1) is 19.0. The molecule has 1 unspecified atom stereocenters. The molecular formula is C19H26N2O4. The molecule has 0 aromatic heterocycles. The minimum absolute atomic E-state index is 0.115. The SMILES string of the molecule is CCCC(C)(NC(=O)c1ccc(N2CCCCC2=O)cc1)C(=O)OC. The Morgan fingerprint density at radius 1 is 1.24 bits per heavy atom. The number of rotatable bonds is 6. The Balaban J connectivity index is 2.11. The third-order valence-corrected chi connectivity index (χ3v) is 4.54. The molecule has 1 saturated heterocycles. The second-order valence-electron chi connectivity index (χ2n) is 6.58. The lowest BCUT2D eigenvalue weighted by Gasteiger charge is -2.28. The zero-order valence-corrected chi connectivity index (χ0v) is 15.1. The lowest BCUT2D eigenvalue weighted by molar-refractivity contribution is -0.147. The molecule has 1 aromatic rings. The molecule has 136 valence electrons. The number of hydrogen-bond acceptors (Lipinski definition) is 4. The lowest BCUT2D eigenvalue weighted by atomic mass is 9.95. The molecule has 0 saturated carbocycles. The third kappa shape index (κ3) is 4.38. The molecule has 1 aliphatic rings. The van der Waals surface area contributed by atoms with Gasteiger partial charge in [0.25, 0.3) is 5.91 Å². The van der Waals surface area contributed by atoms with Crippen LogP contribution in [0, 0.1) is 0 Å². The highest BCUT2D eigenvalue weighted by molar-refractivity contribution is 5.99. The molecule has 1 atom stereocenters. The number of anilines is 1. The van der Waals surface area contributed by atoms with Crippen LogP contribution in [-0.4, -0.2) is 37.0 Å². The number of piperidine rings is 1. The number of carbonyl (C=O) groups excluding carboxylic acids is 3. The standard InChI is InChI=1S/C19H26N2O4/c1-4-12-19(2,18(24)25-3)20-17(23)14-8-10-15(11-9-14)21-13-6-5-7-16(21)22/h8-11H,4-7,12-13H2,1-3H3,(H,20,23). The van der Waals surface area contributed by atoms with Crippen LogP contribution in [0.1, 0.15) is 56.3 Å². The Labute approximate surface area is 148 Å². The number of nitrogens with one attached hydrogen (secondary N) is 1. The molecule has 1 aliphatic heterocycles. The molecule has 6 heteroatoms. The van der Waals surface area contributed by atoms with E-state index in [4.69, 9.17) is 4.74 Å². The van der Waals surface area contributed by atoms with Crippen molar-refractivity contribution in [1.82, 2.24) is 5.32 Å². The van der Waals surface area contributed by atoms with Gasteiger partial charge in [-0.05, 0) is 50.5 Å². The van der Waals surface area contributed by atoms with E-state index in [1.54, 1.807) is 36.1 Å². The van der Waals surface area contributed by atoms with Gasteiger partial charge in [-0.2, -0.15) is 0 Å². The second kappa shape index (κ2) is 8.14. The summed E-state index contributed by atoms with van der Waals surface area (Å²) in [6.07, 6.45) is 3.71. The van der Waals surface area contributed by atoms with Crippen molar-refractivity contribution in [2.24, 2.45) is 0 Å². The van der Waals surface area contributed by atoms with E-state index >= 15 is 0 Å². The third-order valence-electron chi connectivity index (χ3n) is 4.54. The Hall–Kier alpha value is -2.37. The molecule has 1 aromatic carbocycles. The average Bonchev–Trinajstić information content (AvgIpc) is 2.61. The van der Waals surface area contributed by atoms with Gasteiger partial charge < -0.3 is 15.0 Å². The Kier molecular flexibility index (Phi) is 6.17.